The summed E-state index contributed by atoms with van der Waals surface area (Å²) in [6.45, 7) is 1.95. The molecule has 4 nitrogen and oxygen atoms in total. The molecule has 1 amide bonds. The van der Waals surface area contributed by atoms with Gasteiger partial charge in [0.15, 0.2) is 0 Å². The van der Waals surface area contributed by atoms with Gasteiger partial charge in [0.05, 0.1) is 11.3 Å². The van der Waals surface area contributed by atoms with Gasteiger partial charge in [-0.1, -0.05) is 13.8 Å². The van der Waals surface area contributed by atoms with Crippen LogP contribution in [0.1, 0.15) is 39.5 Å². The van der Waals surface area contributed by atoms with E-state index in [1.54, 1.807) is 0 Å². The van der Waals surface area contributed by atoms with E-state index in [2.05, 4.69) is 5.32 Å². The molecule has 2 N–H and O–H groups in total. The maximum atomic E-state index is 12.6. The first-order chi connectivity index (χ1) is 8.53. The van der Waals surface area contributed by atoms with Crippen molar-refractivity contribution in [2.24, 2.45) is 11.3 Å². The standard InChI is InChI=1S/C12H18F3NO3/c1-11(2,12(13,14)15)6-9(17)16-8-4-3-7(5-8)10(18)19/h7-8H,3-6H2,1-2H3,(H,16,17)(H,18,19)/t7-,8+/m1/s1. The van der Waals surface area contributed by atoms with Gasteiger partial charge in [-0.15, -0.1) is 0 Å². The summed E-state index contributed by atoms with van der Waals surface area (Å²) in [5.41, 5.74) is -2.08. The molecule has 2 atom stereocenters. The van der Waals surface area contributed by atoms with Gasteiger partial charge in [-0.05, 0) is 19.3 Å². The minimum absolute atomic E-state index is 0.285. The average Bonchev–Trinajstić information content (AvgIpc) is 2.63. The summed E-state index contributed by atoms with van der Waals surface area (Å²) in [7, 11) is 0. The second-order valence-corrected chi connectivity index (χ2v) is 5.67. The van der Waals surface area contributed by atoms with E-state index in [9.17, 15) is 22.8 Å². The summed E-state index contributed by atoms with van der Waals surface area (Å²) in [6, 6.07) is -0.336. The molecule has 0 aromatic heterocycles. The zero-order chi connectivity index (χ0) is 14.8. The molecule has 0 unspecified atom stereocenters. The van der Waals surface area contributed by atoms with Gasteiger partial charge in [-0.3, -0.25) is 9.59 Å². The van der Waals surface area contributed by atoms with Crippen molar-refractivity contribution in [3.05, 3.63) is 0 Å². The van der Waals surface area contributed by atoms with Gasteiger partial charge in [-0.2, -0.15) is 13.2 Å². The van der Waals surface area contributed by atoms with Crippen LogP contribution >= 0.6 is 0 Å². The van der Waals surface area contributed by atoms with Crippen LogP contribution in [0.2, 0.25) is 0 Å². The number of hydrogen-bond acceptors (Lipinski definition) is 2. The van der Waals surface area contributed by atoms with Crippen LogP contribution in [0.15, 0.2) is 0 Å². The lowest BCUT2D eigenvalue weighted by molar-refractivity contribution is -0.213. The minimum Gasteiger partial charge on any atom is -0.481 e. The molecule has 1 rings (SSSR count). The number of aliphatic carboxylic acids is 1. The van der Waals surface area contributed by atoms with Gasteiger partial charge in [0.2, 0.25) is 5.91 Å². The van der Waals surface area contributed by atoms with Crippen LogP contribution in [0.5, 0.6) is 0 Å². The summed E-state index contributed by atoms with van der Waals surface area (Å²) >= 11 is 0. The molecule has 110 valence electrons. The van der Waals surface area contributed by atoms with Crippen LogP contribution in [0.4, 0.5) is 13.2 Å². The van der Waals surface area contributed by atoms with Gasteiger partial charge in [0.1, 0.15) is 0 Å². The number of alkyl halides is 3. The first kappa shape index (κ1) is 15.8. The molecule has 1 saturated carbocycles. The smallest absolute Gasteiger partial charge is 0.394 e. The fourth-order valence-corrected chi connectivity index (χ4v) is 2.12. The summed E-state index contributed by atoms with van der Waals surface area (Å²) in [5, 5.41) is 11.3. The molecule has 0 radical (unpaired) electrons. The predicted octanol–water partition coefficient (Wildman–Crippen LogP) is 2.33. The second-order valence-electron chi connectivity index (χ2n) is 5.67. The number of halogens is 3. The van der Waals surface area contributed by atoms with Crippen molar-refractivity contribution < 1.29 is 27.9 Å². The number of amides is 1. The fourth-order valence-electron chi connectivity index (χ4n) is 2.12. The Bertz CT molecular complexity index is 366. The lowest BCUT2D eigenvalue weighted by Gasteiger charge is -2.27. The molecule has 0 aliphatic heterocycles. The van der Waals surface area contributed by atoms with E-state index in [1.807, 2.05) is 0 Å². The third kappa shape index (κ3) is 4.11. The molecule has 1 aliphatic carbocycles. The molecule has 0 spiro atoms. The minimum atomic E-state index is -4.44. The van der Waals surface area contributed by atoms with Crippen LogP contribution in [0.25, 0.3) is 0 Å². The Balaban J connectivity index is 2.47. The third-order valence-electron chi connectivity index (χ3n) is 3.52. The highest BCUT2D eigenvalue weighted by molar-refractivity contribution is 5.77. The van der Waals surface area contributed by atoms with Gasteiger partial charge >= 0.3 is 12.1 Å². The Kier molecular flexibility index (Phi) is 4.47. The van der Waals surface area contributed by atoms with Gasteiger partial charge in [-0.25, -0.2) is 0 Å². The van der Waals surface area contributed by atoms with Crippen molar-refractivity contribution in [1.29, 1.82) is 0 Å². The lowest BCUT2D eigenvalue weighted by Crippen LogP contribution is -2.41. The van der Waals surface area contributed by atoms with Crippen molar-refractivity contribution in [3.8, 4) is 0 Å². The molecule has 0 heterocycles. The van der Waals surface area contributed by atoms with E-state index < -0.39 is 35.8 Å². The van der Waals surface area contributed by atoms with E-state index in [0.717, 1.165) is 13.8 Å². The summed E-state index contributed by atoms with van der Waals surface area (Å²) < 4.78 is 37.9. The second kappa shape index (κ2) is 5.38. The van der Waals surface area contributed by atoms with Crippen LogP contribution in [0.3, 0.4) is 0 Å². The Morgan fingerprint density at radius 3 is 2.26 bits per heavy atom. The number of nitrogens with one attached hydrogen (secondary N) is 1. The number of carboxylic acid groups (broad SMARTS) is 1. The number of carbonyl (C=O) groups is 2. The quantitative estimate of drug-likeness (QED) is 0.831. The molecule has 1 aliphatic rings. The number of carbonyl (C=O) groups excluding carboxylic acids is 1. The largest absolute Gasteiger partial charge is 0.481 e. The summed E-state index contributed by atoms with van der Waals surface area (Å²) in [6.07, 6.45) is -3.86. The summed E-state index contributed by atoms with van der Waals surface area (Å²) in [4.78, 5) is 22.3. The van der Waals surface area contributed by atoms with E-state index in [4.69, 9.17) is 5.11 Å². The highest BCUT2D eigenvalue weighted by Gasteiger charge is 2.48. The fraction of sp³-hybridized carbons (Fsp3) is 0.833. The molecule has 1 fully saturated rings. The zero-order valence-electron chi connectivity index (χ0n) is 10.9. The topological polar surface area (TPSA) is 66.4 Å². The normalized spacial score (nSPS) is 24.3. The molecule has 7 heteroatoms. The van der Waals surface area contributed by atoms with Crippen LogP contribution in [0, 0.1) is 11.3 Å². The maximum absolute atomic E-state index is 12.6. The van der Waals surface area contributed by atoms with Crippen LogP contribution < -0.4 is 5.32 Å². The third-order valence-corrected chi connectivity index (χ3v) is 3.52. The van der Waals surface area contributed by atoms with Crippen LogP contribution in [-0.2, 0) is 9.59 Å². The summed E-state index contributed by atoms with van der Waals surface area (Å²) in [5.74, 6) is -2.12. The molecule has 0 bridgehead atoms. The van der Waals surface area contributed by atoms with Crippen molar-refractivity contribution in [2.45, 2.75) is 51.7 Å². The molecule has 0 saturated heterocycles. The Hall–Kier alpha value is -1.27. The lowest BCUT2D eigenvalue weighted by atomic mass is 9.88. The van der Waals surface area contributed by atoms with Crippen LogP contribution in [-0.4, -0.2) is 29.2 Å². The van der Waals surface area contributed by atoms with E-state index in [-0.39, 0.29) is 12.5 Å². The Labute approximate surface area is 109 Å². The van der Waals surface area contributed by atoms with Crippen molar-refractivity contribution in [2.75, 3.05) is 0 Å². The SMILES string of the molecule is CC(C)(CC(=O)N[C@H]1CC[C@@H](C(=O)O)C1)C(F)(F)F. The Morgan fingerprint density at radius 1 is 1.26 bits per heavy atom. The first-order valence-corrected chi connectivity index (χ1v) is 6.12. The maximum Gasteiger partial charge on any atom is 0.394 e. The average molecular weight is 281 g/mol. The van der Waals surface area contributed by atoms with E-state index in [0.29, 0.717) is 12.8 Å². The number of carboxylic acids is 1. The molecular formula is C12H18F3NO3. The van der Waals surface area contributed by atoms with Gasteiger partial charge in [0, 0.05) is 12.5 Å². The van der Waals surface area contributed by atoms with E-state index >= 15 is 0 Å². The Morgan fingerprint density at radius 2 is 1.84 bits per heavy atom. The molecular weight excluding hydrogens is 263 g/mol. The molecule has 0 aromatic rings. The molecule has 0 aromatic carbocycles. The highest BCUT2D eigenvalue weighted by atomic mass is 19.4. The van der Waals surface area contributed by atoms with Crippen molar-refractivity contribution in [1.82, 2.24) is 5.32 Å². The van der Waals surface area contributed by atoms with Gasteiger partial charge in [0.25, 0.3) is 0 Å². The monoisotopic (exact) mass is 281 g/mol. The number of hydrogen-bond donors (Lipinski definition) is 2. The zero-order valence-corrected chi connectivity index (χ0v) is 10.9. The number of rotatable bonds is 4. The first-order valence-electron chi connectivity index (χ1n) is 6.12. The predicted molar refractivity (Wildman–Crippen MR) is 61.4 cm³/mol. The van der Waals surface area contributed by atoms with Crippen molar-refractivity contribution in [3.63, 3.8) is 0 Å². The highest BCUT2D eigenvalue weighted by Crippen LogP contribution is 2.40. The van der Waals surface area contributed by atoms with Crippen molar-refractivity contribution >= 4 is 11.9 Å². The molecule has 19 heavy (non-hydrogen) atoms. The van der Waals surface area contributed by atoms with Gasteiger partial charge < -0.3 is 10.4 Å². The van der Waals surface area contributed by atoms with E-state index in [1.165, 1.54) is 0 Å².